The second-order valence-electron chi connectivity index (χ2n) is 4.65. The highest BCUT2D eigenvalue weighted by Crippen LogP contribution is 2.34. The molecule has 19 heavy (non-hydrogen) atoms. The summed E-state index contributed by atoms with van der Waals surface area (Å²) in [6, 6.07) is 14.9. The van der Waals surface area contributed by atoms with Gasteiger partial charge in [-0.2, -0.15) is 5.26 Å². The Hall–Kier alpha value is -2.31. The van der Waals surface area contributed by atoms with Crippen LogP contribution in [0.5, 0.6) is 11.5 Å². The molecule has 0 aromatic heterocycles. The standard InChI is InChI=1S/C16H13NO2/c17-10-11-1-4-13(5-2-11)19-14-6-7-15-12(9-14)3-8-16(15)18/h1-2,4-7,9,16,18H,3,8H2. The minimum absolute atomic E-state index is 0.334. The Morgan fingerprint density at radius 3 is 2.58 bits per heavy atom. The second-order valence-corrected chi connectivity index (χ2v) is 4.65. The van der Waals surface area contributed by atoms with Gasteiger partial charge in [0.15, 0.2) is 0 Å². The van der Waals surface area contributed by atoms with Gasteiger partial charge in [0.2, 0.25) is 0 Å². The van der Waals surface area contributed by atoms with E-state index in [1.165, 1.54) is 0 Å². The van der Waals surface area contributed by atoms with E-state index in [1.807, 2.05) is 18.2 Å². The topological polar surface area (TPSA) is 53.2 Å². The van der Waals surface area contributed by atoms with Crippen molar-refractivity contribution in [2.75, 3.05) is 0 Å². The number of ether oxygens (including phenoxy) is 1. The molecule has 1 N–H and O–H groups in total. The maximum Gasteiger partial charge on any atom is 0.127 e. The van der Waals surface area contributed by atoms with E-state index in [9.17, 15) is 5.11 Å². The van der Waals surface area contributed by atoms with Gasteiger partial charge in [-0.25, -0.2) is 0 Å². The lowest BCUT2D eigenvalue weighted by molar-refractivity contribution is 0.180. The van der Waals surface area contributed by atoms with Crippen LogP contribution in [-0.2, 0) is 6.42 Å². The van der Waals surface area contributed by atoms with Crippen molar-refractivity contribution in [2.24, 2.45) is 0 Å². The highest BCUT2D eigenvalue weighted by atomic mass is 16.5. The first-order valence-corrected chi connectivity index (χ1v) is 6.25. The molecule has 0 heterocycles. The molecule has 3 rings (SSSR count). The molecule has 3 nitrogen and oxygen atoms in total. The molecular formula is C16H13NO2. The van der Waals surface area contributed by atoms with Crippen LogP contribution < -0.4 is 4.74 Å². The molecule has 1 aliphatic rings. The molecule has 3 heteroatoms. The van der Waals surface area contributed by atoms with Gasteiger partial charge < -0.3 is 9.84 Å². The smallest absolute Gasteiger partial charge is 0.127 e. The third-order valence-corrected chi connectivity index (χ3v) is 3.38. The Bertz CT molecular complexity index is 641. The monoisotopic (exact) mass is 251 g/mol. The molecule has 0 radical (unpaired) electrons. The van der Waals surface area contributed by atoms with Crippen molar-refractivity contribution < 1.29 is 9.84 Å². The SMILES string of the molecule is N#Cc1ccc(Oc2ccc3c(c2)CCC3O)cc1. The zero-order chi connectivity index (χ0) is 13.2. The molecule has 94 valence electrons. The molecule has 2 aromatic rings. The van der Waals surface area contributed by atoms with E-state index in [2.05, 4.69) is 6.07 Å². The van der Waals surface area contributed by atoms with E-state index < -0.39 is 0 Å². The number of nitrogens with zero attached hydrogens (tertiary/aromatic N) is 1. The zero-order valence-corrected chi connectivity index (χ0v) is 10.3. The van der Waals surface area contributed by atoms with Gasteiger partial charge >= 0.3 is 0 Å². The molecule has 0 bridgehead atoms. The first kappa shape index (κ1) is 11.8. The van der Waals surface area contributed by atoms with E-state index in [0.29, 0.717) is 11.3 Å². The van der Waals surface area contributed by atoms with Crippen molar-refractivity contribution in [3.63, 3.8) is 0 Å². The molecule has 2 aromatic carbocycles. The molecule has 0 spiro atoms. The predicted octanol–water partition coefficient (Wildman–Crippen LogP) is 3.33. The quantitative estimate of drug-likeness (QED) is 0.890. The molecule has 0 fully saturated rings. The van der Waals surface area contributed by atoms with Crippen LogP contribution in [0.4, 0.5) is 0 Å². The molecule has 0 amide bonds. The van der Waals surface area contributed by atoms with E-state index in [1.54, 1.807) is 24.3 Å². The summed E-state index contributed by atoms with van der Waals surface area (Å²) in [7, 11) is 0. The summed E-state index contributed by atoms with van der Waals surface area (Å²) in [5.41, 5.74) is 2.77. The van der Waals surface area contributed by atoms with Crippen molar-refractivity contribution >= 4 is 0 Å². The number of rotatable bonds is 2. The summed E-state index contributed by atoms with van der Waals surface area (Å²) in [5, 5.41) is 18.5. The summed E-state index contributed by atoms with van der Waals surface area (Å²) in [5.74, 6) is 1.47. The van der Waals surface area contributed by atoms with Crippen LogP contribution in [0, 0.1) is 11.3 Å². The average Bonchev–Trinajstić information content (AvgIpc) is 2.81. The zero-order valence-electron chi connectivity index (χ0n) is 10.3. The van der Waals surface area contributed by atoms with Gasteiger partial charge in [-0.15, -0.1) is 0 Å². The van der Waals surface area contributed by atoms with Crippen molar-refractivity contribution in [3.05, 3.63) is 59.2 Å². The van der Waals surface area contributed by atoms with Gasteiger partial charge in [0.1, 0.15) is 11.5 Å². The first-order chi connectivity index (χ1) is 9.26. The maximum absolute atomic E-state index is 9.75. The van der Waals surface area contributed by atoms with Crippen LogP contribution in [0.25, 0.3) is 0 Å². The average molecular weight is 251 g/mol. The van der Waals surface area contributed by atoms with Gasteiger partial charge in [-0.1, -0.05) is 6.07 Å². The fourth-order valence-electron chi connectivity index (χ4n) is 2.37. The molecule has 0 saturated carbocycles. The lowest BCUT2D eigenvalue weighted by Gasteiger charge is -2.08. The molecule has 1 atom stereocenters. The summed E-state index contributed by atoms with van der Waals surface area (Å²) in [6.07, 6.45) is 1.34. The van der Waals surface area contributed by atoms with Crippen LogP contribution >= 0.6 is 0 Å². The molecule has 0 aliphatic heterocycles. The number of nitriles is 1. The number of aliphatic hydroxyl groups is 1. The molecule has 0 saturated heterocycles. The Balaban J connectivity index is 1.82. The van der Waals surface area contributed by atoms with Crippen LogP contribution in [0.1, 0.15) is 29.2 Å². The lowest BCUT2D eigenvalue weighted by Crippen LogP contribution is -1.91. The maximum atomic E-state index is 9.75. The second kappa shape index (κ2) is 4.75. The van der Waals surface area contributed by atoms with E-state index >= 15 is 0 Å². The molecular weight excluding hydrogens is 238 g/mol. The van der Waals surface area contributed by atoms with Crippen LogP contribution in [-0.4, -0.2) is 5.11 Å². The van der Waals surface area contributed by atoms with E-state index in [4.69, 9.17) is 10.00 Å². The normalized spacial score (nSPS) is 16.7. The van der Waals surface area contributed by atoms with E-state index in [0.717, 1.165) is 29.7 Å². The third kappa shape index (κ3) is 2.31. The molecule has 1 aliphatic carbocycles. The number of hydrogen-bond acceptors (Lipinski definition) is 3. The van der Waals surface area contributed by atoms with Crippen LogP contribution in [0.3, 0.4) is 0 Å². The third-order valence-electron chi connectivity index (χ3n) is 3.38. The van der Waals surface area contributed by atoms with Crippen molar-refractivity contribution in [2.45, 2.75) is 18.9 Å². The number of hydrogen-bond donors (Lipinski definition) is 1. The van der Waals surface area contributed by atoms with Gasteiger partial charge in [0.05, 0.1) is 17.7 Å². The number of aryl methyl sites for hydroxylation is 1. The Morgan fingerprint density at radius 2 is 1.84 bits per heavy atom. The van der Waals surface area contributed by atoms with Gasteiger partial charge in [-0.3, -0.25) is 0 Å². The minimum atomic E-state index is -0.334. The van der Waals surface area contributed by atoms with Gasteiger partial charge in [0, 0.05) is 0 Å². The molecule has 1 unspecified atom stereocenters. The van der Waals surface area contributed by atoms with E-state index in [-0.39, 0.29) is 6.10 Å². The lowest BCUT2D eigenvalue weighted by atomic mass is 10.1. The minimum Gasteiger partial charge on any atom is -0.457 e. The fourth-order valence-corrected chi connectivity index (χ4v) is 2.37. The van der Waals surface area contributed by atoms with Crippen molar-refractivity contribution in [3.8, 4) is 17.6 Å². The highest BCUT2D eigenvalue weighted by Gasteiger charge is 2.20. The van der Waals surface area contributed by atoms with Crippen molar-refractivity contribution in [1.29, 1.82) is 5.26 Å². The Kier molecular flexibility index (Phi) is 2.94. The number of benzene rings is 2. The number of aliphatic hydroxyl groups excluding tert-OH is 1. The largest absolute Gasteiger partial charge is 0.457 e. The Morgan fingerprint density at radius 1 is 1.11 bits per heavy atom. The van der Waals surface area contributed by atoms with Gasteiger partial charge in [-0.05, 0) is 60.4 Å². The predicted molar refractivity (Wildman–Crippen MR) is 71.0 cm³/mol. The highest BCUT2D eigenvalue weighted by molar-refractivity contribution is 5.42. The summed E-state index contributed by atoms with van der Waals surface area (Å²) >= 11 is 0. The van der Waals surface area contributed by atoms with Gasteiger partial charge in [0.25, 0.3) is 0 Å². The van der Waals surface area contributed by atoms with Crippen LogP contribution in [0.15, 0.2) is 42.5 Å². The van der Waals surface area contributed by atoms with Crippen LogP contribution in [0.2, 0.25) is 0 Å². The number of fused-ring (bicyclic) bond motifs is 1. The Labute approximate surface area is 111 Å². The van der Waals surface area contributed by atoms with Crippen molar-refractivity contribution in [1.82, 2.24) is 0 Å². The summed E-state index contributed by atoms with van der Waals surface area (Å²) in [6.45, 7) is 0. The fraction of sp³-hybridized carbons (Fsp3) is 0.188. The summed E-state index contributed by atoms with van der Waals surface area (Å²) in [4.78, 5) is 0. The first-order valence-electron chi connectivity index (χ1n) is 6.25. The summed E-state index contributed by atoms with van der Waals surface area (Å²) < 4.78 is 5.75.